The SMILES string of the molecule is O=C(c1cnccn1)N1C[C@@H]2N[C@H](C1)C2c1ccc(/C=C/c2ccccc2)cc1. The van der Waals surface area contributed by atoms with Crippen LogP contribution in [0, 0.1) is 0 Å². The molecule has 29 heavy (non-hydrogen) atoms. The molecule has 3 fully saturated rings. The van der Waals surface area contributed by atoms with Gasteiger partial charge in [-0.15, -0.1) is 0 Å². The Kier molecular flexibility index (Phi) is 4.66. The molecule has 5 nitrogen and oxygen atoms in total. The Morgan fingerprint density at radius 1 is 0.931 bits per heavy atom. The summed E-state index contributed by atoms with van der Waals surface area (Å²) in [5.74, 6) is 0.419. The van der Waals surface area contributed by atoms with Gasteiger partial charge < -0.3 is 10.2 Å². The molecule has 1 unspecified atom stereocenters. The molecule has 0 aliphatic carbocycles. The second kappa shape index (κ2) is 7.60. The lowest BCUT2D eigenvalue weighted by Crippen LogP contribution is -2.72. The minimum Gasteiger partial charge on any atom is -0.334 e. The van der Waals surface area contributed by atoms with E-state index in [1.807, 2.05) is 23.1 Å². The molecule has 1 aromatic heterocycles. The number of nitrogens with zero attached hydrogens (tertiary/aromatic N) is 3. The smallest absolute Gasteiger partial charge is 0.274 e. The number of amides is 1. The molecule has 3 atom stereocenters. The van der Waals surface area contributed by atoms with Gasteiger partial charge in [-0.2, -0.15) is 0 Å². The number of fused-ring (bicyclic) bond motifs is 2. The molecule has 4 heterocycles. The highest BCUT2D eigenvalue weighted by molar-refractivity contribution is 5.92. The molecule has 1 amide bonds. The molecule has 3 aliphatic rings. The number of hydrogen-bond donors (Lipinski definition) is 1. The maximum Gasteiger partial charge on any atom is 0.274 e. The summed E-state index contributed by atoms with van der Waals surface area (Å²) in [5.41, 5.74) is 4.14. The van der Waals surface area contributed by atoms with Gasteiger partial charge in [0.05, 0.1) is 6.20 Å². The van der Waals surface area contributed by atoms with Crippen molar-refractivity contribution >= 4 is 18.1 Å². The second-order valence-electron chi connectivity index (χ2n) is 7.62. The molecule has 3 aliphatic heterocycles. The third kappa shape index (κ3) is 3.57. The summed E-state index contributed by atoms with van der Waals surface area (Å²) in [6, 6.07) is 19.7. The van der Waals surface area contributed by atoms with Gasteiger partial charge in [0.25, 0.3) is 5.91 Å². The number of carbonyl (C=O) groups is 1. The lowest BCUT2D eigenvalue weighted by Gasteiger charge is -2.54. The van der Waals surface area contributed by atoms with Crippen molar-refractivity contribution in [2.24, 2.45) is 0 Å². The largest absolute Gasteiger partial charge is 0.334 e. The van der Waals surface area contributed by atoms with Crippen LogP contribution in [0.1, 0.15) is 33.1 Å². The first-order valence-electron chi connectivity index (χ1n) is 9.92. The van der Waals surface area contributed by atoms with E-state index >= 15 is 0 Å². The summed E-state index contributed by atoms with van der Waals surface area (Å²) in [4.78, 5) is 22.7. The number of rotatable bonds is 4. The summed E-state index contributed by atoms with van der Waals surface area (Å²) in [7, 11) is 0. The number of piperidine rings is 1. The predicted octanol–water partition coefficient (Wildman–Crippen LogP) is 3.23. The number of aromatic nitrogens is 2. The molecule has 0 saturated carbocycles. The topological polar surface area (TPSA) is 58.1 Å². The summed E-state index contributed by atoms with van der Waals surface area (Å²) >= 11 is 0. The van der Waals surface area contributed by atoms with Crippen molar-refractivity contribution in [1.29, 1.82) is 0 Å². The summed E-state index contributed by atoms with van der Waals surface area (Å²) in [5, 5.41) is 3.58. The number of carbonyl (C=O) groups excluding carboxylic acids is 1. The number of piperazine rings is 1. The molecule has 2 bridgehead atoms. The van der Waals surface area contributed by atoms with Crippen LogP contribution in [-0.2, 0) is 0 Å². The zero-order valence-corrected chi connectivity index (χ0v) is 16.0. The van der Waals surface area contributed by atoms with Gasteiger partial charge in [-0.3, -0.25) is 9.78 Å². The highest BCUT2D eigenvalue weighted by Crippen LogP contribution is 2.37. The first-order valence-corrected chi connectivity index (χ1v) is 9.92. The zero-order chi connectivity index (χ0) is 19.6. The van der Waals surface area contributed by atoms with E-state index in [-0.39, 0.29) is 5.91 Å². The maximum atomic E-state index is 12.6. The zero-order valence-electron chi connectivity index (χ0n) is 16.0. The molecule has 3 saturated heterocycles. The normalized spacial score (nSPS) is 23.0. The number of benzene rings is 2. The predicted molar refractivity (Wildman–Crippen MR) is 113 cm³/mol. The number of nitrogens with one attached hydrogen (secondary N) is 1. The molecule has 144 valence electrons. The Morgan fingerprint density at radius 2 is 1.62 bits per heavy atom. The molecular formula is C24H22N4O. The Morgan fingerprint density at radius 3 is 2.28 bits per heavy atom. The van der Waals surface area contributed by atoms with Gasteiger partial charge in [0, 0.05) is 43.5 Å². The highest BCUT2D eigenvalue weighted by atomic mass is 16.2. The van der Waals surface area contributed by atoms with Crippen molar-refractivity contribution in [3.05, 3.63) is 95.6 Å². The Labute approximate surface area is 170 Å². The van der Waals surface area contributed by atoms with Crippen molar-refractivity contribution in [2.75, 3.05) is 13.1 Å². The summed E-state index contributed by atoms with van der Waals surface area (Å²) in [6.45, 7) is 1.40. The van der Waals surface area contributed by atoms with Gasteiger partial charge >= 0.3 is 0 Å². The molecule has 0 spiro atoms. The Hall–Kier alpha value is -3.31. The molecular weight excluding hydrogens is 360 g/mol. The highest BCUT2D eigenvalue weighted by Gasteiger charge is 2.48. The van der Waals surface area contributed by atoms with Gasteiger partial charge in [0.2, 0.25) is 0 Å². The van der Waals surface area contributed by atoms with E-state index < -0.39 is 0 Å². The van der Waals surface area contributed by atoms with Gasteiger partial charge in [0.1, 0.15) is 5.69 Å². The first kappa shape index (κ1) is 17.8. The Balaban J connectivity index is 1.24. The van der Waals surface area contributed by atoms with Crippen LogP contribution in [0.5, 0.6) is 0 Å². The Bertz CT molecular complexity index is 1010. The average Bonchev–Trinajstić information content (AvgIpc) is 2.79. The lowest BCUT2D eigenvalue weighted by molar-refractivity contribution is 0.0362. The van der Waals surface area contributed by atoms with Crippen molar-refractivity contribution in [2.45, 2.75) is 18.0 Å². The molecule has 6 rings (SSSR count). The fourth-order valence-electron chi connectivity index (χ4n) is 4.31. The van der Waals surface area contributed by atoms with Crippen LogP contribution in [0.15, 0.2) is 73.2 Å². The van der Waals surface area contributed by atoms with E-state index in [1.54, 1.807) is 12.4 Å². The van der Waals surface area contributed by atoms with Crippen LogP contribution in [0.25, 0.3) is 12.2 Å². The standard InChI is InChI=1S/C24H22N4O/c29-24(20-14-25-12-13-26-20)28-15-21-23(22(16-28)27-21)19-10-8-18(9-11-19)7-6-17-4-2-1-3-5-17/h1-14,21-23,27H,15-16H2/b7-6+/t21-,22+,23?. The van der Waals surface area contributed by atoms with Gasteiger partial charge in [0.15, 0.2) is 0 Å². The fourth-order valence-corrected chi connectivity index (χ4v) is 4.31. The first-order chi connectivity index (χ1) is 14.3. The third-order valence-electron chi connectivity index (χ3n) is 5.79. The molecule has 0 radical (unpaired) electrons. The van der Waals surface area contributed by atoms with Gasteiger partial charge in [-0.05, 0) is 16.7 Å². The van der Waals surface area contributed by atoms with E-state index in [4.69, 9.17) is 0 Å². The van der Waals surface area contributed by atoms with Crippen LogP contribution in [-0.4, -0.2) is 45.9 Å². The maximum absolute atomic E-state index is 12.6. The number of hydrogen-bond acceptors (Lipinski definition) is 4. The van der Waals surface area contributed by atoms with Gasteiger partial charge in [-0.25, -0.2) is 4.98 Å². The average molecular weight is 382 g/mol. The van der Waals surface area contributed by atoms with E-state index in [2.05, 4.69) is 63.8 Å². The molecule has 1 N–H and O–H groups in total. The van der Waals surface area contributed by atoms with Crippen molar-refractivity contribution in [3.63, 3.8) is 0 Å². The van der Waals surface area contributed by atoms with E-state index in [0.29, 0.717) is 36.8 Å². The van der Waals surface area contributed by atoms with Gasteiger partial charge in [-0.1, -0.05) is 66.7 Å². The molecule has 5 heteroatoms. The molecule has 2 aromatic carbocycles. The monoisotopic (exact) mass is 382 g/mol. The lowest BCUT2D eigenvalue weighted by atomic mass is 9.74. The van der Waals surface area contributed by atoms with Crippen LogP contribution in [0.4, 0.5) is 0 Å². The van der Waals surface area contributed by atoms with Crippen molar-refractivity contribution < 1.29 is 4.79 Å². The fraction of sp³-hybridized carbons (Fsp3) is 0.208. The second-order valence-corrected chi connectivity index (χ2v) is 7.62. The van der Waals surface area contributed by atoms with Crippen LogP contribution in [0.2, 0.25) is 0 Å². The minimum absolute atomic E-state index is 0.0329. The van der Waals surface area contributed by atoms with E-state index in [0.717, 1.165) is 0 Å². The van der Waals surface area contributed by atoms with Crippen LogP contribution >= 0.6 is 0 Å². The quantitative estimate of drug-likeness (QED) is 0.704. The molecule has 3 aromatic rings. The van der Waals surface area contributed by atoms with Crippen LogP contribution in [0.3, 0.4) is 0 Å². The van der Waals surface area contributed by atoms with Crippen molar-refractivity contribution in [1.82, 2.24) is 20.2 Å². The van der Waals surface area contributed by atoms with E-state index in [9.17, 15) is 4.79 Å². The summed E-state index contributed by atoms with van der Waals surface area (Å²) < 4.78 is 0. The third-order valence-corrected chi connectivity index (χ3v) is 5.79. The minimum atomic E-state index is -0.0329. The van der Waals surface area contributed by atoms with Crippen molar-refractivity contribution in [3.8, 4) is 0 Å². The van der Waals surface area contributed by atoms with Crippen LogP contribution < -0.4 is 5.32 Å². The summed E-state index contributed by atoms with van der Waals surface area (Å²) in [6.07, 6.45) is 8.95. The van der Waals surface area contributed by atoms with E-state index in [1.165, 1.54) is 22.9 Å².